The third-order valence-corrected chi connectivity index (χ3v) is 7.17. The van der Waals surface area contributed by atoms with Crippen LogP contribution in [-0.4, -0.2) is 94.7 Å². The summed E-state index contributed by atoms with van der Waals surface area (Å²) in [7, 11) is 1.24. The van der Waals surface area contributed by atoms with E-state index in [1.807, 2.05) is 0 Å². The van der Waals surface area contributed by atoms with Gasteiger partial charge in [-0.15, -0.1) is 0 Å². The first kappa shape index (κ1) is 31.7. The minimum Gasteiger partial charge on any atom is -0.481 e. The van der Waals surface area contributed by atoms with Gasteiger partial charge < -0.3 is 34.8 Å². The molecule has 3 N–H and O–H groups in total. The standard InChI is InChI=1S/C30H31FN4O9/c1-17-14-19(31)15-21-23(44-25(29(40)41)18-6-4-3-5-7-18)16-22(33-24(17)21)26(36)32-9-8-20(28(38)39)27(37)34-10-12-35(13-11-34)30(42)43-2/h3-7,14-16,20,25H,8-13H2,1-2H3,(H,32,36)(H,38,39)(H,40,41). The average molecular weight is 611 g/mol. The van der Waals surface area contributed by atoms with Crippen molar-refractivity contribution in [2.45, 2.75) is 19.4 Å². The van der Waals surface area contributed by atoms with Crippen LogP contribution in [0, 0.1) is 18.7 Å². The number of rotatable bonds is 10. The highest BCUT2D eigenvalue weighted by molar-refractivity contribution is 5.99. The molecule has 2 heterocycles. The van der Waals surface area contributed by atoms with E-state index in [1.165, 1.54) is 29.0 Å². The number of piperazine rings is 1. The fraction of sp³-hybridized carbons (Fsp3) is 0.333. The number of aliphatic carboxylic acids is 2. The van der Waals surface area contributed by atoms with E-state index in [-0.39, 0.29) is 61.5 Å². The molecule has 2 unspecified atom stereocenters. The Hall–Kier alpha value is -5.27. The van der Waals surface area contributed by atoms with Crippen LogP contribution >= 0.6 is 0 Å². The molecular weight excluding hydrogens is 579 g/mol. The zero-order chi connectivity index (χ0) is 32.0. The molecule has 1 saturated heterocycles. The van der Waals surface area contributed by atoms with Gasteiger partial charge in [0.15, 0.2) is 0 Å². The molecule has 2 aromatic carbocycles. The number of pyridine rings is 1. The van der Waals surface area contributed by atoms with E-state index in [0.717, 1.165) is 6.07 Å². The predicted molar refractivity (Wildman–Crippen MR) is 153 cm³/mol. The molecule has 0 saturated carbocycles. The van der Waals surface area contributed by atoms with E-state index >= 15 is 0 Å². The van der Waals surface area contributed by atoms with Crippen LogP contribution in [0.1, 0.15) is 34.1 Å². The average Bonchev–Trinajstić information content (AvgIpc) is 3.01. The summed E-state index contributed by atoms with van der Waals surface area (Å²) in [6, 6.07) is 11.6. The number of carbonyl (C=O) groups excluding carboxylic acids is 3. The molecule has 1 aliphatic heterocycles. The minimum absolute atomic E-state index is 0.0938. The topological polar surface area (TPSA) is 176 Å². The van der Waals surface area contributed by atoms with Gasteiger partial charge in [-0.25, -0.2) is 19.0 Å². The van der Waals surface area contributed by atoms with Crippen molar-refractivity contribution < 1.29 is 48.0 Å². The van der Waals surface area contributed by atoms with Gasteiger partial charge in [0.1, 0.15) is 23.2 Å². The first-order valence-electron chi connectivity index (χ1n) is 13.7. The third kappa shape index (κ3) is 7.19. The van der Waals surface area contributed by atoms with Crippen LogP contribution in [0.2, 0.25) is 0 Å². The van der Waals surface area contributed by atoms with Gasteiger partial charge in [0.05, 0.1) is 12.6 Å². The summed E-state index contributed by atoms with van der Waals surface area (Å²) >= 11 is 0. The number of methoxy groups -OCH3 is 1. The lowest BCUT2D eigenvalue weighted by Gasteiger charge is -2.35. The molecule has 13 nitrogen and oxygen atoms in total. The van der Waals surface area contributed by atoms with Crippen LogP contribution in [0.25, 0.3) is 10.9 Å². The summed E-state index contributed by atoms with van der Waals surface area (Å²) in [6.07, 6.45) is -2.24. The summed E-state index contributed by atoms with van der Waals surface area (Å²) in [4.78, 5) is 68.9. The summed E-state index contributed by atoms with van der Waals surface area (Å²) in [6.45, 7) is 2.02. The molecule has 14 heteroatoms. The first-order chi connectivity index (χ1) is 21.0. The van der Waals surface area contributed by atoms with Crippen molar-refractivity contribution in [3.05, 3.63) is 71.2 Å². The molecule has 4 rings (SSSR count). The summed E-state index contributed by atoms with van der Waals surface area (Å²) in [5.41, 5.74) is 0.711. The number of carboxylic acid groups (broad SMARTS) is 2. The number of amides is 3. The Kier molecular flexibility index (Phi) is 9.93. The van der Waals surface area contributed by atoms with Crippen molar-refractivity contribution in [3.63, 3.8) is 0 Å². The largest absolute Gasteiger partial charge is 0.481 e. The second-order valence-corrected chi connectivity index (χ2v) is 10.1. The molecule has 1 aromatic heterocycles. The van der Waals surface area contributed by atoms with Crippen LogP contribution in [-0.2, 0) is 19.1 Å². The van der Waals surface area contributed by atoms with E-state index in [0.29, 0.717) is 11.1 Å². The highest BCUT2D eigenvalue weighted by atomic mass is 19.1. The van der Waals surface area contributed by atoms with E-state index in [4.69, 9.17) is 4.74 Å². The first-order valence-corrected chi connectivity index (χ1v) is 13.7. The molecule has 0 spiro atoms. The smallest absolute Gasteiger partial charge is 0.409 e. The number of nitrogens with zero attached hydrogens (tertiary/aromatic N) is 3. The number of carbonyl (C=O) groups is 5. The maximum Gasteiger partial charge on any atom is 0.409 e. The van der Waals surface area contributed by atoms with Crippen LogP contribution in [0.15, 0.2) is 48.5 Å². The monoisotopic (exact) mass is 610 g/mol. The Balaban J connectivity index is 1.51. The van der Waals surface area contributed by atoms with Gasteiger partial charge in [-0.3, -0.25) is 14.4 Å². The van der Waals surface area contributed by atoms with E-state index in [9.17, 15) is 38.6 Å². The van der Waals surface area contributed by atoms with Gasteiger partial charge in [0.2, 0.25) is 12.0 Å². The van der Waals surface area contributed by atoms with Crippen LogP contribution in [0.3, 0.4) is 0 Å². The van der Waals surface area contributed by atoms with Gasteiger partial charge in [0.25, 0.3) is 5.91 Å². The molecular formula is C30H31FN4O9. The molecule has 3 amide bonds. The predicted octanol–water partition coefficient (Wildman–Crippen LogP) is 2.62. The number of halogens is 1. The molecule has 0 aliphatic carbocycles. The molecule has 232 valence electrons. The van der Waals surface area contributed by atoms with Gasteiger partial charge in [-0.2, -0.15) is 0 Å². The molecule has 44 heavy (non-hydrogen) atoms. The molecule has 0 radical (unpaired) electrons. The minimum atomic E-state index is -1.47. The lowest BCUT2D eigenvalue weighted by Crippen LogP contribution is -2.53. The lowest BCUT2D eigenvalue weighted by atomic mass is 10.0. The van der Waals surface area contributed by atoms with Crippen LogP contribution < -0.4 is 10.1 Å². The quantitative estimate of drug-likeness (QED) is 0.289. The highest BCUT2D eigenvalue weighted by Gasteiger charge is 2.33. The number of aromatic nitrogens is 1. The summed E-state index contributed by atoms with van der Waals surface area (Å²) < 4.78 is 24.9. The number of fused-ring (bicyclic) bond motifs is 1. The maximum absolute atomic E-state index is 14.4. The number of nitrogens with one attached hydrogen (secondary N) is 1. The Bertz CT molecular complexity index is 1580. The van der Waals surface area contributed by atoms with Crippen molar-refractivity contribution in [2.75, 3.05) is 39.8 Å². The summed E-state index contributed by atoms with van der Waals surface area (Å²) in [5.74, 6) is -6.21. The number of hydrogen-bond acceptors (Lipinski definition) is 8. The Morgan fingerprint density at radius 1 is 0.977 bits per heavy atom. The number of carboxylic acids is 2. The Morgan fingerprint density at radius 2 is 1.64 bits per heavy atom. The van der Waals surface area contributed by atoms with Gasteiger partial charge in [-0.1, -0.05) is 30.3 Å². The molecule has 0 bridgehead atoms. The van der Waals surface area contributed by atoms with Gasteiger partial charge in [-0.05, 0) is 31.0 Å². The van der Waals surface area contributed by atoms with Crippen molar-refractivity contribution in [1.82, 2.24) is 20.1 Å². The zero-order valence-corrected chi connectivity index (χ0v) is 24.0. The van der Waals surface area contributed by atoms with Gasteiger partial charge >= 0.3 is 18.0 Å². The lowest BCUT2D eigenvalue weighted by molar-refractivity contribution is -0.152. The van der Waals surface area contributed by atoms with Crippen molar-refractivity contribution in [3.8, 4) is 5.75 Å². The number of aryl methyl sites for hydroxylation is 1. The fourth-order valence-electron chi connectivity index (χ4n) is 4.89. The van der Waals surface area contributed by atoms with Crippen molar-refractivity contribution >= 4 is 40.7 Å². The van der Waals surface area contributed by atoms with E-state index in [2.05, 4.69) is 15.0 Å². The molecule has 3 aromatic rings. The zero-order valence-electron chi connectivity index (χ0n) is 24.0. The third-order valence-electron chi connectivity index (χ3n) is 7.17. The SMILES string of the molecule is COC(=O)N1CCN(C(=O)C(CCNC(=O)c2cc(OC(C(=O)O)c3ccccc3)c3cc(F)cc(C)c3n2)C(=O)O)CC1. The van der Waals surface area contributed by atoms with E-state index < -0.39 is 47.7 Å². The van der Waals surface area contributed by atoms with Crippen molar-refractivity contribution in [2.24, 2.45) is 5.92 Å². The second-order valence-electron chi connectivity index (χ2n) is 10.1. The fourth-order valence-corrected chi connectivity index (χ4v) is 4.89. The molecule has 1 fully saturated rings. The van der Waals surface area contributed by atoms with Gasteiger partial charge in [0, 0.05) is 49.7 Å². The Labute approximate surface area is 251 Å². The number of hydrogen-bond donors (Lipinski definition) is 3. The van der Waals surface area contributed by atoms with Crippen molar-refractivity contribution in [1.29, 1.82) is 0 Å². The summed E-state index contributed by atoms with van der Waals surface area (Å²) in [5, 5.41) is 22.3. The molecule has 1 aliphatic rings. The number of ether oxygens (including phenoxy) is 2. The second kappa shape index (κ2) is 13.8. The van der Waals surface area contributed by atoms with Crippen LogP contribution in [0.4, 0.5) is 9.18 Å². The van der Waals surface area contributed by atoms with E-state index in [1.54, 1.807) is 37.3 Å². The Morgan fingerprint density at radius 3 is 2.25 bits per heavy atom. The number of benzene rings is 2. The normalized spacial score (nSPS) is 14.4. The van der Waals surface area contributed by atoms with Crippen LogP contribution in [0.5, 0.6) is 5.75 Å². The maximum atomic E-state index is 14.4. The highest BCUT2D eigenvalue weighted by Crippen LogP contribution is 2.32. The molecule has 2 atom stereocenters.